The zero-order valence-corrected chi connectivity index (χ0v) is 11.1. The van der Waals surface area contributed by atoms with Crippen LogP contribution in [0, 0.1) is 0 Å². The Kier molecular flexibility index (Phi) is 3.52. The van der Waals surface area contributed by atoms with Crippen LogP contribution in [0.3, 0.4) is 0 Å². The standard InChI is InChI=1S/C10H12N8O4/c11-7-4-8(15-10(14-7)16-17-12)18(2-13-4)9-6(21)5(20)3(1-19)22-9/h2-3,5-6,9,19-21H,1H2,(H2,11,14,15)/t3-,5-,6-,9?/m0/s1. The predicted molar refractivity (Wildman–Crippen MR) is 71.6 cm³/mol. The van der Waals surface area contributed by atoms with Crippen molar-refractivity contribution >= 4 is 22.9 Å². The van der Waals surface area contributed by atoms with Crippen molar-refractivity contribution in [2.75, 3.05) is 12.3 Å². The molecule has 116 valence electrons. The first-order valence-electron chi connectivity index (χ1n) is 6.24. The molecule has 1 unspecified atom stereocenters. The number of azide groups is 1. The number of hydrogen-bond acceptors (Lipinski definition) is 9. The van der Waals surface area contributed by atoms with Gasteiger partial charge < -0.3 is 25.8 Å². The van der Waals surface area contributed by atoms with Gasteiger partial charge in [-0.2, -0.15) is 0 Å². The number of aliphatic hydroxyl groups is 3. The van der Waals surface area contributed by atoms with Gasteiger partial charge in [-0.3, -0.25) is 4.57 Å². The Balaban J connectivity index is 2.10. The van der Waals surface area contributed by atoms with E-state index in [4.69, 9.17) is 21.1 Å². The molecule has 2 aromatic heterocycles. The van der Waals surface area contributed by atoms with Crippen LogP contribution in [0.15, 0.2) is 11.4 Å². The van der Waals surface area contributed by atoms with Crippen molar-refractivity contribution in [3.8, 4) is 0 Å². The van der Waals surface area contributed by atoms with E-state index in [1.165, 1.54) is 10.9 Å². The number of aliphatic hydroxyl groups excluding tert-OH is 3. The summed E-state index contributed by atoms with van der Waals surface area (Å²) in [6.07, 6.45) is -3.22. The van der Waals surface area contributed by atoms with Crippen LogP contribution in [0.2, 0.25) is 0 Å². The van der Waals surface area contributed by atoms with E-state index in [1.807, 2.05) is 0 Å². The van der Waals surface area contributed by atoms with E-state index in [0.29, 0.717) is 0 Å². The lowest BCUT2D eigenvalue weighted by atomic mass is 10.1. The van der Waals surface area contributed by atoms with Crippen molar-refractivity contribution < 1.29 is 20.1 Å². The van der Waals surface area contributed by atoms with Crippen LogP contribution < -0.4 is 5.73 Å². The van der Waals surface area contributed by atoms with E-state index < -0.39 is 31.1 Å². The average molecular weight is 308 g/mol. The Labute approximate surface area is 122 Å². The molecule has 0 spiro atoms. The number of rotatable bonds is 3. The topological polar surface area (TPSA) is 188 Å². The lowest BCUT2D eigenvalue weighted by Gasteiger charge is -2.16. The minimum absolute atomic E-state index is 0.00195. The lowest BCUT2D eigenvalue weighted by molar-refractivity contribution is -0.0511. The maximum Gasteiger partial charge on any atom is 0.220 e. The molecule has 0 bridgehead atoms. The molecule has 1 aliphatic heterocycles. The Morgan fingerprint density at radius 2 is 2.18 bits per heavy atom. The van der Waals surface area contributed by atoms with Crippen LogP contribution in [0.1, 0.15) is 6.23 Å². The summed E-state index contributed by atoms with van der Waals surface area (Å²) in [7, 11) is 0. The maximum atomic E-state index is 10.0. The third-order valence-corrected chi connectivity index (χ3v) is 3.36. The molecule has 5 N–H and O–H groups in total. The number of nitrogens with two attached hydrogens (primary N) is 1. The number of imidazole rings is 1. The predicted octanol–water partition coefficient (Wildman–Crippen LogP) is -1.04. The molecule has 3 rings (SSSR count). The molecular formula is C10H12N8O4. The molecule has 12 heteroatoms. The van der Waals surface area contributed by atoms with Gasteiger partial charge in [-0.15, -0.1) is 0 Å². The fourth-order valence-corrected chi connectivity index (χ4v) is 2.31. The first kappa shape index (κ1) is 14.4. The van der Waals surface area contributed by atoms with Crippen molar-refractivity contribution in [2.45, 2.75) is 24.5 Å². The van der Waals surface area contributed by atoms with Crippen molar-refractivity contribution in [2.24, 2.45) is 5.11 Å². The van der Waals surface area contributed by atoms with Crippen LogP contribution in [0.25, 0.3) is 21.6 Å². The summed E-state index contributed by atoms with van der Waals surface area (Å²) in [6, 6.07) is 0. The van der Waals surface area contributed by atoms with Gasteiger partial charge in [-0.05, 0) is 10.6 Å². The average Bonchev–Trinajstić information content (AvgIpc) is 3.03. The zero-order valence-electron chi connectivity index (χ0n) is 11.1. The van der Waals surface area contributed by atoms with Crippen LogP contribution in [0.5, 0.6) is 0 Å². The Hall–Kier alpha value is -2.50. The largest absolute Gasteiger partial charge is 0.394 e. The van der Waals surface area contributed by atoms with Crippen molar-refractivity contribution in [1.82, 2.24) is 19.5 Å². The Bertz CT molecular complexity index is 757. The molecule has 12 nitrogen and oxygen atoms in total. The minimum Gasteiger partial charge on any atom is -0.394 e. The second kappa shape index (κ2) is 5.36. The molecule has 1 fully saturated rings. The molecular weight excluding hydrogens is 296 g/mol. The van der Waals surface area contributed by atoms with Gasteiger partial charge in [0.15, 0.2) is 17.7 Å². The van der Waals surface area contributed by atoms with E-state index in [1.54, 1.807) is 0 Å². The fraction of sp³-hybridized carbons (Fsp3) is 0.500. The molecule has 0 saturated carbocycles. The van der Waals surface area contributed by atoms with Gasteiger partial charge in [0.2, 0.25) is 5.95 Å². The lowest BCUT2D eigenvalue weighted by Crippen LogP contribution is -2.33. The summed E-state index contributed by atoms with van der Waals surface area (Å²) in [4.78, 5) is 14.4. The van der Waals surface area contributed by atoms with Gasteiger partial charge in [-0.1, -0.05) is 0 Å². The highest BCUT2D eigenvalue weighted by atomic mass is 16.6. The van der Waals surface area contributed by atoms with Crippen molar-refractivity contribution in [3.63, 3.8) is 0 Å². The van der Waals surface area contributed by atoms with E-state index in [-0.39, 0.29) is 22.9 Å². The monoisotopic (exact) mass is 308 g/mol. The number of anilines is 1. The van der Waals surface area contributed by atoms with Crippen LogP contribution in [-0.4, -0.2) is 59.8 Å². The molecule has 0 aromatic carbocycles. The number of aromatic nitrogens is 4. The molecule has 1 aliphatic rings. The highest BCUT2D eigenvalue weighted by Gasteiger charge is 2.44. The molecule has 0 amide bonds. The summed E-state index contributed by atoms with van der Waals surface area (Å²) in [5, 5.41) is 32.2. The minimum atomic E-state index is -1.30. The number of hydrogen-bond donors (Lipinski definition) is 4. The van der Waals surface area contributed by atoms with E-state index in [9.17, 15) is 10.2 Å². The van der Waals surface area contributed by atoms with Gasteiger partial charge in [0.05, 0.1) is 12.9 Å². The summed E-state index contributed by atoms with van der Waals surface area (Å²) in [5.41, 5.74) is 14.6. The SMILES string of the molecule is [N-]=[N+]=Nc1nc(N)c2ncn(C3O[C@@H](CO)[C@H](O)[C@@H]3O)c2n1. The number of nitrogens with zero attached hydrogens (tertiary/aromatic N) is 7. The summed E-state index contributed by atoms with van der Waals surface area (Å²) in [5.74, 6) is -0.209. The molecule has 0 radical (unpaired) electrons. The normalized spacial score (nSPS) is 28.0. The molecule has 0 aliphatic carbocycles. The highest BCUT2D eigenvalue weighted by Crippen LogP contribution is 2.32. The molecule has 3 heterocycles. The summed E-state index contributed by atoms with van der Waals surface area (Å²) in [6.45, 7) is -0.456. The van der Waals surface area contributed by atoms with Gasteiger partial charge in [0.25, 0.3) is 0 Å². The Morgan fingerprint density at radius 3 is 2.82 bits per heavy atom. The summed E-state index contributed by atoms with van der Waals surface area (Å²) < 4.78 is 6.72. The molecule has 2 aromatic rings. The smallest absolute Gasteiger partial charge is 0.220 e. The quantitative estimate of drug-likeness (QED) is 0.314. The first-order valence-corrected chi connectivity index (χ1v) is 6.24. The third-order valence-electron chi connectivity index (χ3n) is 3.36. The van der Waals surface area contributed by atoms with E-state index >= 15 is 0 Å². The van der Waals surface area contributed by atoms with Crippen molar-refractivity contribution in [1.29, 1.82) is 0 Å². The Morgan fingerprint density at radius 1 is 1.41 bits per heavy atom. The van der Waals surface area contributed by atoms with Crippen LogP contribution >= 0.6 is 0 Å². The number of fused-ring (bicyclic) bond motifs is 1. The van der Waals surface area contributed by atoms with Crippen molar-refractivity contribution in [3.05, 3.63) is 16.8 Å². The highest BCUT2D eigenvalue weighted by molar-refractivity contribution is 5.82. The van der Waals surface area contributed by atoms with Gasteiger partial charge in [0.1, 0.15) is 23.8 Å². The van der Waals surface area contributed by atoms with Gasteiger partial charge in [-0.25, -0.2) is 15.0 Å². The van der Waals surface area contributed by atoms with E-state index in [2.05, 4.69) is 25.0 Å². The van der Waals surface area contributed by atoms with Crippen LogP contribution in [0.4, 0.5) is 11.8 Å². The first-order chi connectivity index (χ1) is 10.6. The third kappa shape index (κ3) is 2.11. The van der Waals surface area contributed by atoms with Crippen LogP contribution in [-0.2, 0) is 4.74 Å². The number of ether oxygens (including phenoxy) is 1. The maximum absolute atomic E-state index is 10.0. The molecule has 22 heavy (non-hydrogen) atoms. The van der Waals surface area contributed by atoms with E-state index in [0.717, 1.165) is 0 Å². The second-order valence-electron chi connectivity index (χ2n) is 4.65. The second-order valence-corrected chi connectivity index (χ2v) is 4.65. The zero-order chi connectivity index (χ0) is 15.9. The van der Waals surface area contributed by atoms with Gasteiger partial charge >= 0.3 is 0 Å². The molecule has 1 saturated heterocycles. The number of nitrogen functional groups attached to an aromatic ring is 1. The fourth-order valence-electron chi connectivity index (χ4n) is 2.31. The van der Waals surface area contributed by atoms with Gasteiger partial charge in [0, 0.05) is 4.91 Å². The summed E-state index contributed by atoms with van der Waals surface area (Å²) >= 11 is 0. The molecule has 4 atom stereocenters.